The molecule has 1 rings (SSSR count). The predicted molar refractivity (Wildman–Crippen MR) is 73.0 cm³/mol. The lowest BCUT2D eigenvalue weighted by Gasteiger charge is -2.02. The number of hydrogen-bond acceptors (Lipinski definition) is 5. The van der Waals surface area contributed by atoms with Crippen molar-refractivity contribution >= 4 is 28.8 Å². The fourth-order valence-corrected chi connectivity index (χ4v) is 2.20. The molecule has 0 aromatic carbocycles. The summed E-state index contributed by atoms with van der Waals surface area (Å²) in [6, 6.07) is 1.82. The maximum Gasteiger partial charge on any atom is 0.332 e. The maximum absolute atomic E-state index is 11.8. The van der Waals surface area contributed by atoms with Gasteiger partial charge < -0.3 is 10.1 Å². The van der Waals surface area contributed by atoms with Crippen molar-refractivity contribution in [1.82, 2.24) is 0 Å². The molecule has 1 heterocycles. The van der Waals surface area contributed by atoms with Crippen LogP contribution in [0.5, 0.6) is 0 Å². The number of Topliss-reactive ketones (excluding diaryl/α,β-unsaturated/α-hetero) is 1. The van der Waals surface area contributed by atoms with Gasteiger partial charge in [-0.2, -0.15) is 0 Å². The average molecular weight is 267 g/mol. The second kappa shape index (κ2) is 7.66. The van der Waals surface area contributed by atoms with Gasteiger partial charge in [0.1, 0.15) is 0 Å². The lowest BCUT2D eigenvalue weighted by atomic mass is 10.2. The highest BCUT2D eigenvalue weighted by Gasteiger charge is 2.11. The Morgan fingerprint density at radius 2 is 2.22 bits per heavy atom. The second-order valence-electron chi connectivity index (χ2n) is 3.57. The Morgan fingerprint density at radius 3 is 2.89 bits per heavy atom. The lowest BCUT2D eigenvalue weighted by molar-refractivity contribution is -0.137. The van der Waals surface area contributed by atoms with E-state index in [4.69, 9.17) is 4.74 Å². The van der Waals surface area contributed by atoms with Crippen LogP contribution in [0.3, 0.4) is 0 Å². The van der Waals surface area contributed by atoms with Crippen LogP contribution in [-0.4, -0.2) is 18.4 Å². The van der Waals surface area contributed by atoms with Gasteiger partial charge in [0.25, 0.3) is 0 Å². The molecule has 0 unspecified atom stereocenters. The summed E-state index contributed by atoms with van der Waals surface area (Å²) in [7, 11) is 0. The molecule has 0 bridgehead atoms. The number of thiophene rings is 1. The van der Waals surface area contributed by atoms with Gasteiger partial charge in [0.2, 0.25) is 0 Å². The van der Waals surface area contributed by atoms with Crippen molar-refractivity contribution in [1.29, 1.82) is 0 Å². The molecule has 0 radical (unpaired) electrons. The third-order valence-electron chi connectivity index (χ3n) is 2.14. The maximum atomic E-state index is 11.8. The fourth-order valence-electron chi connectivity index (χ4n) is 1.37. The monoisotopic (exact) mass is 267 g/mol. The highest BCUT2D eigenvalue weighted by molar-refractivity contribution is 7.12. The standard InChI is InChI=1S/C13H17NO3S/c1-3-5-11(15)13-10(7-9-18-13)14-8-6-12(16)17-4-2/h6-9,14H,3-5H2,1-2H3. The van der Waals surface area contributed by atoms with E-state index >= 15 is 0 Å². The van der Waals surface area contributed by atoms with Gasteiger partial charge >= 0.3 is 5.97 Å². The highest BCUT2D eigenvalue weighted by Crippen LogP contribution is 2.24. The van der Waals surface area contributed by atoms with Crippen LogP contribution in [0.2, 0.25) is 0 Å². The number of hydrogen-bond donors (Lipinski definition) is 1. The second-order valence-corrected chi connectivity index (χ2v) is 4.48. The molecule has 4 nitrogen and oxygen atoms in total. The third-order valence-corrected chi connectivity index (χ3v) is 3.10. The largest absolute Gasteiger partial charge is 0.463 e. The van der Waals surface area contributed by atoms with Gasteiger partial charge in [0, 0.05) is 18.7 Å². The number of esters is 1. The molecular weight excluding hydrogens is 250 g/mol. The van der Waals surface area contributed by atoms with Crippen molar-refractivity contribution in [3.05, 3.63) is 28.6 Å². The van der Waals surface area contributed by atoms with Crippen LogP contribution in [0.15, 0.2) is 23.7 Å². The molecule has 5 heteroatoms. The molecule has 18 heavy (non-hydrogen) atoms. The van der Waals surface area contributed by atoms with Gasteiger partial charge in [-0.15, -0.1) is 11.3 Å². The number of anilines is 1. The summed E-state index contributed by atoms with van der Waals surface area (Å²) in [5.74, 6) is -0.277. The topological polar surface area (TPSA) is 55.4 Å². The zero-order chi connectivity index (χ0) is 13.4. The minimum atomic E-state index is -0.401. The molecule has 0 spiro atoms. The molecular formula is C13H17NO3S. The molecule has 0 saturated heterocycles. The van der Waals surface area contributed by atoms with E-state index in [-0.39, 0.29) is 5.78 Å². The molecule has 1 N–H and O–H groups in total. The van der Waals surface area contributed by atoms with Crippen LogP contribution < -0.4 is 5.32 Å². The first-order valence-electron chi connectivity index (χ1n) is 5.89. The quantitative estimate of drug-likeness (QED) is 0.468. The molecule has 1 aromatic heterocycles. The van der Waals surface area contributed by atoms with Crippen molar-refractivity contribution in [2.24, 2.45) is 0 Å². The Bertz CT molecular complexity index is 437. The summed E-state index contributed by atoms with van der Waals surface area (Å²) in [6.07, 6.45) is 4.16. The van der Waals surface area contributed by atoms with Gasteiger partial charge in [0.15, 0.2) is 5.78 Å². The smallest absolute Gasteiger partial charge is 0.332 e. The molecule has 0 atom stereocenters. The number of carbonyl (C=O) groups excluding carboxylic acids is 2. The van der Waals surface area contributed by atoms with Crippen LogP contribution >= 0.6 is 11.3 Å². The first-order valence-corrected chi connectivity index (χ1v) is 6.77. The molecule has 0 saturated carbocycles. The lowest BCUT2D eigenvalue weighted by Crippen LogP contribution is -2.02. The van der Waals surface area contributed by atoms with Crippen molar-refractivity contribution < 1.29 is 14.3 Å². The summed E-state index contributed by atoms with van der Waals surface area (Å²) in [5, 5.41) is 4.78. The molecule has 0 fully saturated rings. The van der Waals surface area contributed by atoms with Crippen LogP contribution in [0, 0.1) is 0 Å². The predicted octanol–water partition coefficient (Wildman–Crippen LogP) is 3.22. The van der Waals surface area contributed by atoms with Crippen LogP contribution in [0.4, 0.5) is 5.69 Å². The Balaban J connectivity index is 2.60. The Kier molecular flexibility index (Phi) is 6.14. The van der Waals surface area contributed by atoms with E-state index in [0.717, 1.165) is 12.1 Å². The molecule has 0 aliphatic heterocycles. The Hall–Kier alpha value is -1.62. The van der Waals surface area contributed by atoms with Crippen LogP contribution in [0.25, 0.3) is 0 Å². The van der Waals surface area contributed by atoms with E-state index in [9.17, 15) is 9.59 Å². The molecule has 1 aromatic rings. The molecule has 0 aliphatic rings. The first kappa shape index (κ1) is 14.4. The molecule has 0 aliphatic carbocycles. The number of nitrogens with one attached hydrogen (secondary N) is 1. The zero-order valence-corrected chi connectivity index (χ0v) is 11.4. The minimum Gasteiger partial charge on any atom is -0.463 e. The van der Waals surface area contributed by atoms with E-state index in [1.165, 1.54) is 23.6 Å². The van der Waals surface area contributed by atoms with Gasteiger partial charge in [-0.25, -0.2) is 4.79 Å². The van der Waals surface area contributed by atoms with E-state index in [1.807, 2.05) is 18.4 Å². The summed E-state index contributed by atoms with van der Waals surface area (Å²) in [6.45, 7) is 4.07. The van der Waals surface area contributed by atoms with Gasteiger partial charge in [-0.1, -0.05) is 6.92 Å². The van der Waals surface area contributed by atoms with Crippen LogP contribution in [-0.2, 0) is 9.53 Å². The minimum absolute atomic E-state index is 0.125. The SMILES string of the molecule is CCCC(=O)c1sccc1NC=CC(=O)OCC. The number of rotatable bonds is 7. The zero-order valence-electron chi connectivity index (χ0n) is 10.6. The first-order chi connectivity index (χ1) is 8.69. The fraction of sp³-hybridized carbons (Fsp3) is 0.385. The van der Waals surface area contributed by atoms with Crippen molar-refractivity contribution in [2.75, 3.05) is 11.9 Å². The number of ketones is 1. The van der Waals surface area contributed by atoms with E-state index in [2.05, 4.69) is 5.32 Å². The number of ether oxygens (including phenoxy) is 1. The highest BCUT2D eigenvalue weighted by atomic mass is 32.1. The summed E-state index contributed by atoms with van der Waals surface area (Å²) < 4.78 is 4.75. The van der Waals surface area contributed by atoms with Crippen LogP contribution in [0.1, 0.15) is 36.4 Å². The molecule has 0 amide bonds. The van der Waals surface area contributed by atoms with Gasteiger partial charge in [0.05, 0.1) is 17.2 Å². The summed E-state index contributed by atoms with van der Waals surface area (Å²) >= 11 is 1.40. The van der Waals surface area contributed by atoms with Crippen molar-refractivity contribution in [2.45, 2.75) is 26.7 Å². The van der Waals surface area contributed by atoms with E-state index < -0.39 is 5.97 Å². The van der Waals surface area contributed by atoms with E-state index in [1.54, 1.807) is 6.92 Å². The Morgan fingerprint density at radius 1 is 1.44 bits per heavy atom. The van der Waals surface area contributed by atoms with E-state index in [0.29, 0.717) is 17.9 Å². The van der Waals surface area contributed by atoms with Crippen molar-refractivity contribution in [3.8, 4) is 0 Å². The Labute approximate surface area is 111 Å². The normalized spacial score (nSPS) is 10.6. The molecule has 98 valence electrons. The third kappa shape index (κ3) is 4.33. The van der Waals surface area contributed by atoms with Gasteiger partial charge in [-0.3, -0.25) is 4.79 Å². The number of carbonyl (C=O) groups is 2. The summed E-state index contributed by atoms with van der Waals surface area (Å²) in [4.78, 5) is 23.6. The van der Waals surface area contributed by atoms with Gasteiger partial charge in [-0.05, 0) is 24.8 Å². The summed E-state index contributed by atoms with van der Waals surface area (Å²) in [5.41, 5.74) is 0.735. The average Bonchev–Trinajstić information content (AvgIpc) is 2.78. The van der Waals surface area contributed by atoms with Crippen molar-refractivity contribution in [3.63, 3.8) is 0 Å².